The molecule has 2 aromatic carbocycles. The van der Waals surface area contributed by atoms with Crippen molar-refractivity contribution < 1.29 is 37.5 Å². The van der Waals surface area contributed by atoms with Gasteiger partial charge in [-0.3, -0.25) is 15.0 Å². The standard InChI is InChI=1S/C29H34F3N5O6S/c1-27(2,3)36(25(38)39)20(14-17-8-11-19(12-9-17)29(7,31)32)16-35(26(40)43-28(4,5)6)24-34-33-23(44-24)18-10-13-22(37(41)42)21(30)15-18/h8-13,15,20H,14,16H2,1-7H3,(H,38,39)/t20-/m0/s1. The van der Waals surface area contributed by atoms with Gasteiger partial charge in [-0.2, -0.15) is 4.39 Å². The summed E-state index contributed by atoms with van der Waals surface area (Å²) in [5, 5.41) is 29.5. The number of hydrogen-bond donors (Lipinski definition) is 1. The van der Waals surface area contributed by atoms with Crippen LogP contribution in [0.5, 0.6) is 0 Å². The van der Waals surface area contributed by atoms with Crippen molar-refractivity contribution >= 4 is 34.3 Å². The van der Waals surface area contributed by atoms with Gasteiger partial charge in [-0.25, -0.2) is 23.3 Å². The third kappa shape index (κ3) is 8.65. The van der Waals surface area contributed by atoms with Crippen LogP contribution in [0.4, 0.5) is 33.6 Å². The van der Waals surface area contributed by atoms with E-state index in [1.54, 1.807) is 41.5 Å². The summed E-state index contributed by atoms with van der Waals surface area (Å²) in [6, 6.07) is 7.78. The topological polar surface area (TPSA) is 139 Å². The quantitative estimate of drug-likeness (QED) is 0.188. The third-order valence-corrected chi connectivity index (χ3v) is 7.27. The molecule has 0 saturated heterocycles. The summed E-state index contributed by atoms with van der Waals surface area (Å²) in [6.07, 6.45) is -2.10. The van der Waals surface area contributed by atoms with Crippen LogP contribution in [0.2, 0.25) is 0 Å². The summed E-state index contributed by atoms with van der Waals surface area (Å²) < 4.78 is 47.6. The van der Waals surface area contributed by atoms with Crippen LogP contribution >= 0.6 is 11.3 Å². The largest absolute Gasteiger partial charge is 0.465 e. The number of rotatable bonds is 9. The number of aromatic nitrogens is 2. The lowest BCUT2D eigenvalue weighted by Gasteiger charge is -2.41. The Morgan fingerprint density at radius 1 is 1.05 bits per heavy atom. The fourth-order valence-corrected chi connectivity index (χ4v) is 5.26. The van der Waals surface area contributed by atoms with Crippen molar-refractivity contribution in [2.45, 2.75) is 78.0 Å². The van der Waals surface area contributed by atoms with E-state index in [1.807, 2.05) is 0 Å². The minimum atomic E-state index is -3.06. The van der Waals surface area contributed by atoms with Crippen LogP contribution < -0.4 is 4.90 Å². The van der Waals surface area contributed by atoms with Gasteiger partial charge in [0, 0.05) is 29.7 Å². The number of amides is 2. The van der Waals surface area contributed by atoms with Crippen LogP contribution in [-0.4, -0.2) is 61.0 Å². The summed E-state index contributed by atoms with van der Waals surface area (Å²) >= 11 is 0.869. The Bertz CT molecular complexity index is 1510. The lowest BCUT2D eigenvalue weighted by Crippen LogP contribution is -2.56. The predicted molar refractivity (Wildman–Crippen MR) is 159 cm³/mol. The number of anilines is 1. The Hall–Kier alpha value is -4.27. The van der Waals surface area contributed by atoms with E-state index in [2.05, 4.69) is 10.2 Å². The van der Waals surface area contributed by atoms with Crippen LogP contribution in [0, 0.1) is 15.9 Å². The second-order valence-electron chi connectivity index (χ2n) is 12.2. The number of carbonyl (C=O) groups is 2. The highest BCUT2D eigenvalue weighted by atomic mass is 32.1. The highest BCUT2D eigenvalue weighted by molar-refractivity contribution is 7.18. The zero-order valence-electron chi connectivity index (χ0n) is 25.3. The van der Waals surface area contributed by atoms with Gasteiger partial charge in [-0.15, -0.1) is 10.2 Å². The van der Waals surface area contributed by atoms with E-state index in [1.165, 1.54) is 35.2 Å². The summed E-state index contributed by atoms with van der Waals surface area (Å²) in [6.45, 7) is 10.5. The highest BCUT2D eigenvalue weighted by Crippen LogP contribution is 2.33. The number of halogens is 3. The Kier molecular flexibility index (Phi) is 9.93. The minimum absolute atomic E-state index is 0.00164. The monoisotopic (exact) mass is 637 g/mol. The minimum Gasteiger partial charge on any atom is -0.465 e. The van der Waals surface area contributed by atoms with Gasteiger partial charge in [0.1, 0.15) is 10.6 Å². The number of carbonyl (C=O) groups excluding carboxylic acids is 1. The smallest absolute Gasteiger partial charge is 0.416 e. The van der Waals surface area contributed by atoms with Crippen LogP contribution in [0.15, 0.2) is 42.5 Å². The molecule has 1 atom stereocenters. The lowest BCUT2D eigenvalue weighted by atomic mass is 9.97. The van der Waals surface area contributed by atoms with Crippen LogP contribution in [0.25, 0.3) is 10.6 Å². The van der Waals surface area contributed by atoms with Gasteiger partial charge in [0.05, 0.1) is 17.5 Å². The van der Waals surface area contributed by atoms with Crippen molar-refractivity contribution in [2.24, 2.45) is 0 Å². The Morgan fingerprint density at radius 3 is 2.14 bits per heavy atom. The maximum absolute atomic E-state index is 14.3. The van der Waals surface area contributed by atoms with Gasteiger partial charge in [0.25, 0.3) is 5.92 Å². The van der Waals surface area contributed by atoms with Gasteiger partial charge in [0.15, 0.2) is 0 Å². The maximum Gasteiger partial charge on any atom is 0.416 e. The van der Waals surface area contributed by atoms with E-state index in [-0.39, 0.29) is 34.2 Å². The van der Waals surface area contributed by atoms with E-state index in [0.29, 0.717) is 5.56 Å². The SMILES string of the molecule is CC(C)(C)OC(=O)N(C[C@H](Cc1ccc(C(C)(F)F)cc1)N(C(=O)O)C(C)(C)C)c1nnc(-c2ccc([N+](=O)[O-])c(F)c2)s1. The molecule has 0 aliphatic heterocycles. The number of ether oxygens (including phenoxy) is 1. The van der Waals surface area contributed by atoms with Crippen molar-refractivity contribution in [2.75, 3.05) is 11.4 Å². The molecule has 3 rings (SSSR count). The van der Waals surface area contributed by atoms with Gasteiger partial charge in [0.2, 0.25) is 10.9 Å². The Labute approximate surface area is 256 Å². The van der Waals surface area contributed by atoms with Gasteiger partial charge < -0.3 is 9.84 Å². The fourth-order valence-electron chi connectivity index (χ4n) is 4.42. The zero-order chi connectivity index (χ0) is 33.2. The molecule has 0 aliphatic carbocycles. The molecular formula is C29H34F3N5O6S. The number of nitro groups is 1. The van der Waals surface area contributed by atoms with Crippen molar-refractivity contribution in [3.05, 3.63) is 69.5 Å². The normalized spacial score (nSPS) is 12.9. The molecule has 1 heterocycles. The first-order valence-electron chi connectivity index (χ1n) is 13.4. The molecule has 1 N–H and O–H groups in total. The molecule has 0 bridgehead atoms. The van der Waals surface area contributed by atoms with Gasteiger partial charge >= 0.3 is 17.9 Å². The first-order chi connectivity index (χ1) is 20.2. The number of benzene rings is 2. The lowest BCUT2D eigenvalue weighted by molar-refractivity contribution is -0.387. The summed E-state index contributed by atoms with van der Waals surface area (Å²) in [4.78, 5) is 38.5. The fraction of sp³-hybridized carbons (Fsp3) is 0.448. The second kappa shape index (κ2) is 12.8. The number of nitrogens with zero attached hydrogens (tertiary/aromatic N) is 5. The maximum atomic E-state index is 14.3. The molecule has 11 nitrogen and oxygen atoms in total. The number of alkyl halides is 2. The zero-order valence-corrected chi connectivity index (χ0v) is 26.1. The van der Waals surface area contributed by atoms with E-state index in [0.717, 1.165) is 35.3 Å². The van der Waals surface area contributed by atoms with Crippen LogP contribution in [-0.2, 0) is 17.1 Å². The molecule has 0 aliphatic rings. The summed E-state index contributed by atoms with van der Waals surface area (Å²) in [5.74, 6) is -4.14. The van der Waals surface area contributed by atoms with Gasteiger partial charge in [-0.05, 0) is 65.7 Å². The molecule has 44 heavy (non-hydrogen) atoms. The van der Waals surface area contributed by atoms with Gasteiger partial charge in [-0.1, -0.05) is 35.6 Å². The molecule has 1 aromatic heterocycles. The molecule has 15 heteroatoms. The van der Waals surface area contributed by atoms with Crippen LogP contribution in [0.3, 0.4) is 0 Å². The van der Waals surface area contributed by atoms with Crippen molar-refractivity contribution in [3.63, 3.8) is 0 Å². The molecule has 0 spiro atoms. The molecule has 2 amide bonds. The molecule has 0 fully saturated rings. The average molecular weight is 638 g/mol. The highest BCUT2D eigenvalue weighted by Gasteiger charge is 2.38. The summed E-state index contributed by atoms with van der Waals surface area (Å²) in [7, 11) is 0. The molecule has 238 valence electrons. The van der Waals surface area contributed by atoms with E-state index in [4.69, 9.17) is 4.74 Å². The van der Waals surface area contributed by atoms with Crippen LogP contribution in [0.1, 0.15) is 59.6 Å². The predicted octanol–water partition coefficient (Wildman–Crippen LogP) is 7.50. The third-order valence-electron chi connectivity index (χ3n) is 6.27. The molecule has 0 unspecified atom stereocenters. The first kappa shape index (κ1) is 34.2. The molecule has 0 radical (unpaired) electrons. The first-order valence-corrected chi connectivity index (χ1v) is 14.3. The Morgan fingerprint density at radius 2 is 1.66 bits per heavy atom. The number of hydrogen-bond acceptors (Lipinski definition) is 8. The van der Waals surface area contributed by atoms with E-state index in [9.17, 15) is 38.0 Å². The van der Waals surface area contributed by atoms with Crippen molar-refractivity contribution in [1.29, 1.82) is 0 Å². The summed E-state index contributed by atoms with van der Waals surface area (Å²) in [5.41, 5.74) is -2.10. The Balaban J connectivity index is 2.08. The van der Waals surface area contributed by atoms with Crippen molar-refractivity contribution in [3.8, 4) is 10.6 Å². The number of nitro benzene ring substituents is 1. The van der Waals surface area contributed by atoms with E-state index >= 15 is 0 Å². The second-order valence-corrected chi connectivity index (χ2v) is 13.1. The van der Waals surface area contributed by atoms with Crippen molar-refractivity contribution in [1.82, 2.24) is 15.1 Å². The number of carboxylic acid groups (broad SMARTS) is 1. The molecule has 0 saturated carbocycles. The average Bonchev–Trinajstić information content (AvgIpc) is 3.34. The molecular weight excluding hydrogens is 603 g/mol. The van der Waals surface area contributed by atoms with E-state index < -0.39 is 51.7 Å². The molecule has 3 aromatic rings.